The Hall–Kier alpha value is -2.72. The number of nitro groups is 1. The first-order valence-electron chi connectivity index (χ1n) is 7.22. The van der Waals surface area contributed by atoms with Crippen LogP contribution in [0.25, 0.3) is 17.4 Å². The number of fused-ring (bicyclic) bond motifs is 1. The molecule has 1 aromatic rings. The molecule has 1 aromatic heterocycles. The highest BCUT2D eigenvalue weighted by Crippen LogP contribution is 2.19. The van der Waals surface area contributed by atoms with Crippen LogP contribution < -0.4 is 10.8 Å². The summed E-state index contributed by atoms with van der Waals surface area (Å²) in [6, 6.07) is -0.651. The van der Waals surface area contributed by atoms with Gasteiger partial charge >= 0.3 is 0 Å². The Bertz CT molecular complexity index is 793. The van der Waals surface area contributed by atoms with E-state index >= 15 is 0 Å². The summed E-state index contributed by atoms with van der Waals surface area (Å²) < 4.78 is 5.65. The Kier molecular flexibility index (Phi) is 5.22. The van der Waals surface area contributed by atoms with Gasteiger partial charge in [0.15, 0.2) is 10.8 Å². The fourth-order valence-corrected chi connectivity index (χ4v) is 2.05. The summed E-state index contributed by atoms with van der Waals surface area (Å²) in [6.45, 7) is 4.00. The van der Waals surface area contributed by atoms with E-state index in [4.69, 9.17) is 4.42 Å². The topological polar surface area (TPSA) is 81.5 Å². The van der Waals surface area contributed by atoms with Crippen LogP contribution in [0.3, 0.4) is 0 Å². The lowest BCUT2D eigenvalue weighted by molar-refractivity contribution is -0.509. The van der Waals surface area contributed by atoms with E-state index in [1.165, 1.54) is 6.20 Å². The van der Waals surface area contributed by atoms with Gasteiger partial charge in [0.05, 0.1) is 6.20 Å². The lowest BCUT2D eigenvalue weighted by Gasteiger charge is -1.99. The Morgan fingerprint density at radius 3 is 3.05 bits per heavy atom. The maximum atomic E-state index is 10.8. The lowest BCUT2D eigenvalue weighted by Crippen LogP contribution is -2.20. The van der Waals surface area contributed by atoms with Gasteiger partial charge in [-0.05, 0) is 18.6 Å². The van der Waals surface area contributed by atoms with E-state index in [1.807, 2.05) is 19.9 Å². The van der Waals surface area contributed by atoms with Crippen LogP contribution in [0.1, 0.15) is 32.6 Å². The Labute approximate surface area is 127 Å². The third-order valence-corrected chi connectivity index (χ3v) is 3.08. The number of aliphatic imine (C=N–C) groups is 1. The number of allylic oxidation sites excluding steroid dienone is 3. The molecule has 0 spiro atoms. The average molecular weight is 299 g/mol. The predicted molar refractivity (Wildman–Crippen MR) is 85.2 cm³/mol. The van der Waals surface area contributed by atoms with Crippen LogP contribution in [-0.4, -0.2) is 22.2 Å². The number of hydrogen-bond donors (Lipinski definition) is 0. The lowest BCUT2D eigenvalue weighted by atomic mass is 10.2. The molecular formula is C16H17N3O3. The molecule has 0 fully saturated rings. The van der Waals surface area contributed by atoms with Gasteiger partial charge in [-0.1, -0.05) is 25.7 Å². The third-order valence-electron chi connectivity index (χ3n) is 3.08. The highest BCUT2D eigenvalue weighted by Gasteiger charge is 2.19. The van der Waals surface area contributed by atoms with Crippen LogP contribution in [0.4, 0.5) is 0 Å². The van der Waals surface area contributed by atoms with Crippen molar-refractivity contribution in [2.45, 2.75) is 32.7 Å². The van der Waals surface area contributed by atoms with Crippen molar-refractivity contribution in [3.63, 3.8) is 0 Å². The number of rotatable bonds is 2. The predicted octanol–water partition coefficient (Wildman–Crippen LogP) is 1.84. The van der Waals surface area contributed by atoms with Crippen LogP contribution in [-0.2, 0) is 0 Å². The van der Waals surface area contributed by atoms with E-state index in [1.54, 1.807) is 24.4 Å². The van der Waals surface area contributed by atoms with E-state index in [0.717, 1.165) is 5.57 Å². The van der Waals surface area contributed by atoms with E-state index in [0.29, 0.717) is 29.5 Å². The molecule has 6 nitrogen and oxygen atoms in total. The molecule has 1 atom stereocenters. The van der Waals surface area contributed by atoms with Gasteiger partial charge in [-0.3, -0.25) is 15.1 Å². The fourth-order valence-electron chi connectivity index (χ4n) is 2.05. The first-order valence-corrected chi connectivity index (χ1v) is 7.22. The van der Waals surface area contributed by atoms with E-state index < -0.39 is 6.04 Å². The largest absolute Gasteiger partial charge is 0.435 e. The normalized spacial score (nSPS) is 18.6. The maximum Gasteiger partial charge on any atom is 0.231 e. The third kappa shape index (κ3) is 3.48. The van der Waals surface area contributed by atoms with Crippen molar-refractivity contribution in [3.05, 3.63) is 51.2 Å². The van der Waals surface area contributed by atoms with E-state index in [9.17, 15) is 10.1 Å². The molecule has 1 aliphatic heterocycles. The summed E-state index contributed by atoms with van der Waals surface area (Å²) in [5, 5.41) is 11.4. The molecular weight excluding hydrogens is 282 g/mol. The Morgan fingerprint density at radius 2 is 2.27 bits per heavy atom. The molecule has 0 saturated carbocycles. The van der Waals surface area contributed by atoms with Crippen molar-refractivity contribution in [2.24, 2.45) is 4.99 Å². The van der Waals surface area contributed by atoms with Crippen molar-refractivity contribution in [1.29, 1.82) is 0 Å². The van der Waals surface area contributed by atoms with Crippen molar-refractivity contribution >= 4 is 23.6 Å². The van der Waals surface area contributed by atoms with Gasteiger partial charge in [0.2, 0.25) is 11.9 Å². The van der Waals surface area contributed by atoms with Crippen molar-refractivity contribution < 1.29 is 9.34 Å². The first kappa shape index (κ1) is 15.7. The number of hydrogen-bond acceptors (Lipinski definition) is 5. The standard InChI is InChI=1S/C14H11N3O3.C2H6/c18-17(19)11-3-1-2-10(4-5-11)14-16-12-6-8-15-9-7-13(12)20-14;1-2/h2,4-5,7-9,11H,1,3H2;1-2H3. The minimum Gasteiger partial charge on any atom is -0.435 e. The van der Waals surface area contributed by atoms with Crippen LogP contribution in [0.15, 0.2) is 33.8 Å². The smallest absolute Gasteiger partial charge is 0.231 e. The minimum absolute atomic E-state index is 0.279. The molecule has 0 amide bonds. The Balaban J connectivity index is 0.000000847. The second-order valence-electron chi connectivity index (χ2n) is 4.42. The highest BCUT2D eigenvalue weighted by atomic mass is 16.6. The van der Waals surface area contributed by atoms with Gasteiger partial charge < -0.3 is 4.42 Å². The van der Waals surface area contributed by atoms with Gasteiger partial charge in [0, 0.05) is 29.2 Å². The molecule has 0 N–H and O–H groups in total. The highest BCUT2D eigenvalue weighted by molar-refractivity contribution is 5.91. The van der Waals surface area contributed by atoms with Gasteiger partial charge in [-0.15, -0.1) is 0 Å². The monoisotopic (exact) mass is 299 g/mol. The molecule has 2 aliphatic rings. The zero-order chi connectivity index (χ0) is 15.9. The molecule has 1 aliphatic carbocycles. The summed E-state index contributed by atoms with van der Waals surface area (Å²) in [5.74, 6) is 0.447. The van der Waals surface area contributed by atoms with Gasteiger partial charge in [0.1, 0.15) is 0 Å². The zero-order valence-corrected chi connectivity index (χ0v) is 12.5. The van der Waals surface area contributed by atoms with Gasteiger partial charge in [0.25, 0.3) is 0 Å². The summed E-state index contributed by atoms with van der Waals surface area (Å²) in [4.78, 5) is 18.8. The summed E-state index contributed by atoms with van der Waals surface area (Å²) in [5.41, 5.74) is 4.25. The molecule has 0 aromatic carbocycles. The fraction of sp³-hybridized carbons (Fsp3) is 0.312. The molecule has 6 heteroatoms. The van der Waals surface area contributed by atoms with Gasteiger partial charge in [-0.25, -0.2) is 4.98 Å². The van der Waals surface area contributed by atoms with Gasteiger partial charge in [-0.2, -0.15) is 0 Å². The van der Waals surface area contributed by atoms with E-state index in [-0.39, 0.29) is 4.92 Å². The Morgan fingerprint density at radius 1 is 1.45 bits per heavy atom. The van der Waals surface area contributed by atoms with Crippen LogP contribution in [0, 0.1) is 10.1 Å². The van der Waals surface area contributed by atoms with Crippen LogP contribution in [0.5, 0.6) is 0 Å². The molecule has 0 bridgehead atoms. The molecule has 0 saturated heterocycles. The second-order valence-corrected chi connectivity index (χ2v) is 4.42. The second kappa shape index (κ2) is 7.33. The van der Waals surface area contributed by atoms with Crippen molar-refractivity contribution in [3.8, 4) is 0 Å². The SMILES string of the molecule is CC.O=[N+]([O-])C1C=CC(c2nc3c(o2)=CC=NC=C=3)=CCC1. The molecule has 1 unspecified atom stereocenters. The molecule has 3 rings (SSSR count). The minimum atomic E-state index is -0.651. The van der Waals surface area contributed by atoms with Crippen LogP contribution in [0.2, 0.25) is 0 Å². The summed E-state index contributed by atoms with van der Waals surface area (Å²) in [6.07, 6.45) is 11.1. The average Bonchev–Trinajstić information content (AvgIpc) is 2.73. The zero-order valence-electron chi connectivity index (χ0n) is 12.5. The van der Waals surface area contributed by atoms with Crippen molar-refractivity contribution in [2.75, 3.05) is 0 Å². The number of nitrogens with zero attached hydrogens (tertiary/aromatic N) is 3. The van der Waals surface area contributed by atoms with Crippen molar-refractivity contribution in [1.82, 2.24) is 4.98 Å². The number of oxazole rings is 1. The van der Waals surface area contributed by atoms with E-state index in [2.05, 4.69) is 15.7 Å². The molecule has 0 radical (unpaired) electrons. The summed E-state index contributed by atoms with van der Waals surface area (Å²) >= 11 is 0. The quantitative estimate of drug-likeness (QED) is 0.616. The first-order chi connectivity index (χ1) is 10.7. The molecule has 22 heavy (non-hydrogen) atoms. The summed E-state index contributed by atoms with van der Waals surface area (Å²) in [7, 11) is 0. The molecule has 114 valence electrons. The molecule has 2 heterocycles. The van der Waals surface area contributed by atoms with Crippen LogP contribution >= 0.6 is 0 Å². The number of aromatic nitrogens is 1. The maximum absolute atomic E-state index is 10.8.